The highest BCUT2D eigenvalue weighted by Gasteiger charge is 2.64. The predicted octanol–water partition coefficient (Wildman–Crippen LogP) is -0.725. The standard InChI is InChI=1S/C22H40O11/c1-4-5-6-7-8-9-13(10-14(23)24)33-21-22(30,19(29)16(26)12(3)32-21)20-18(28)17(27)15(25)11(2)31-20/h11-13,15-21,25-30H,4-10H2,1-3H3,(H,23,24)/t11-,12-,13?,15-,16-,17+,18+,19+,20+,21+,22-/m0/s1. The van der Waals surface area contributed by atoms with E-state index in [1.807, 2.05) is 0 Å². The van der Waals surface area contributed by atoms with Crippen LogP contribution in [0.25, 0.3) is 0 Å². The molecule has 33 heavy (non-hydrogen) atoms. The maximum Gasteiger partial charge on any atom is 0.305 e. The molecule has 0 spiro atoms. The van der Waals surface area contributed by atoms with Crippen LogP contribution in [0.3, 0.4) is 0 Å². The average molecular weight is 481 g/mol. The van der Waals surface area contributed by atoms with Gasteiger partial charge in [0.05, 0.1) is 24.7 Å². The molecule has 1 unspecified atom stereocenters. The summed E-state index contributed by atoms with van der Waals surface area (Å²) in [7, 11) is 0. The van der Waals surface area contributed by atoms with Gasteiger partial charge < -0.3 is 50.0 Å². The van der Waals surface area contributed by atoms with Gasteiger partial charge in [0, 0.05) is 0 Å². The molecule has 2 saturated heterocycles. The highest BCUT2D eigenvalue weighted by atomic mass is 16.7. The lowest BCUT2D eigenvalue weighted by molar-refractivity contribution is -0.387. The van der Waals surface area contributed by atoms with E-state index in [9.17, 15) is 40.5 Å². The molecule has 0 saturated carbocycles. The van der Waals surface area contributed by atoms with E-state index < -0.39 is 72.8 Å². The van der Waals surface area contributed by atoms with Crippen LogP contribution in [0.4, 0.5) is 0 Å². The fraction of sp³-hybridized carbons (Fsp3) is 0.955. The molecule has 2 aliphatic heterocycles. The molecule has 0 aromatic rings. The molecule has 0 aromatic heterocycles. The third kappa shape index (κ3) is 6.41. The van der Waals surface area contributed by atoms with E-state index in [4.69, 9.17) is 14.2 Å². The predicted molar refractivity (Wildman–Crippen MR) is 114 cm³/mol. The van der Waals surface area contributed by atoms with E-state index in [-0.39, 0.29) is 6.42 Å². The van der Waals surface area contributed by atoms with Crippen LogP contribution in [0.2, 0.25) is 0 Å². The summed E-state index contributed by atoms with van der Waals surface area (Å²) in [6, 6.07) is 0. The molecule has 2 fully saturated rings. The lowest BCUT2D eigenvalue weighted by Crippen LogP contribution is -2.76. The molecule has 0 aromatic carbocycles. The number of aliphatic hydroxyl groups is 6. The third-order valence-electron chi connectivity index (χ3n) is 6.65. The Balaban J connectivity index is 2.28. The van der Waals surface area contributed by atoms with Crippen molar-refractivity contribution >= 4 is 5.97 Å². The van der Waals surface area contributed by atoms with Crippen LogP contribution >= 0.6 is 0 Å². The number of carboxylic acid groups (broad SMARTS) is 1. The van der Waals surface area contributed by atoms with Crippen LogP contribution in [-0.4, -0.2) is 109 Å². The first kappa shape index (κ1) is 28.3. The number of ether oxygens (including phenoxy) is 3. The Morgan fingerprint density at radius 2 is 1.52 bits per heavy atom. The van der Waals surface area contributed by atoms with Crippen LogP contribution in [-0.2, 0) is 19.0 Å². The molecule has 0 amide bonds. The van der Waals surface area contributed by atoms with Gasteiger partial charge in [0.25, 0.3) is 0 Å². The largest absolute Gasteiger partial charge is 0.481 e. The smallest absolute Gasteiger partial charge is 0.305 e. The van der Waals surface area contributed by atoms with Gasteiger partial charge in [-0.3, -0.25) is 4.79 Å². The summed E-state index contributed by atoms with van der Waals surface area (Å²) < 4.78 is 17.0. The van der Waals surface area contributed by atoms with Crippen LogP contribution in [0.1, 0.15) is 65.7 Å². The number of aliphatic hydroxyl groups excluding tert-OH is 5. The van der Waals surface area contributed by atoms with Gasteiger partial charge in [-0.1, -0.05) is 39.0 Å². The molecular weight excluding hydrogens is 440 g/mol. The molecule has 0 radical (unpaired) electrons. The topological polar surface area (TPSA) is 186 Å². The fourth-order valence-electron chi connectivity index (χ4n) is 4.49. The molecule has 2 aliphatic rings. The van der Waals surface area contributed by atoms with Crippen molar-refractivity contribution in [3.8, 4) is 0 Å². The van der Waals surface area contributed by atoms with Gasteiger partial charge in [-0.05, 0) is 20.3 Å². The molecule has 0 bridgehead atoms. The van der Waals surface area contributed by atoms with E-state index >= 15 is 0 Å². The lowest BCUT2D eigenvalue weighted by Gasteiger charge is -2.54. The van der Waals surface area contributed by atoms with Crippen molar-refractivity contribution in [2.45, 2.75) is 133 Å². The number of carbonyl (C=O) groups is 1. The van der Waals surface area contributed by atoms with Crippen LogP contribution in [0.5, 0.6) is 0 Å². The summed E-state index contributed by atoms with van der Waals surface area (Å²) in [5.74, 6) is -1.12. The van der Waals surface area contributed by atoms with Gasteiger partial charge in [0.2, 0.25) is 0 Å². The first-order chi connectivity index (χ1) is 15.4. The zero-order valence-corrected chi connectivity index (χ0v) is 19.5. The van der Waals surface area contributed by atoms with Gasteiger partial charge in [-0.15, -0.1) is 0 Å². The van der Waals surface area contributed by atoms with Gasteiger partial charge >= 0.3 is 5.97 Å². The van der Waals surface area contributed by atoms with E-state index in [1.165, 1.54) is 13.8 Å². The second kappa shape index (κ2) is 12.2. The summed E-state index contributed by atoms with van der Waals surface area (Å²) in [4.78, 5) is 11.4. The second-order valence-corrected chi connectivity index (χ2v) is 9.29. The quantitative estimate of drug-likeness (QED) is 0.185. The average Bonchev–Trinajstić information content (AvgIpc) is 2.76. The van der Waals surface area contributed by atoms with Gasteiger partial charge in [0.1, 0.15) is 36.6 Å². The van der Waals surface area contributed by atoms with Crippen LogP contribution in [0.15, 0.2) is 0 Å². The third-order valence-corrected chi connectivity index (χ3v) is 6.65. The highest BCUT2D eigenvalue weighted by molar-refractivity contribution is 5.67. The molecule has 7 N–H and O–H groups in total. The minimum Gasteiger partial charge on any atom is -0.481 e. The first-order valence-corrected chi connectivity index (χ1v) is 11.8. The van der Waals surface area contributed by atoms with Crippen molar-refractivity contribution < 1.29 is 54.8 Å². The molecule has 194 valence electrons. The van der Waals surface area contributed by atoms with Crippen molar-refractivity contribution in [2.75, 3.05) is 0 Å². The zero-order valence-electron chi connectivity index (χ0n) is 19.5. The maximum absolute atomic E-state index is 11.5. The van der Waals surface area contributed by atoms with Crippen molar-refractivity contribution in [1.29, 1.82) is 0 Å². The maximum atomic E-state index is 11.5. The Hall–Kier alpha value is -0.890. The van der Waals surface area contributed by atoms with Gasteiger partial charge in [-0.2, -0.15) is 0 Å². The highest BCUT2D eigenvalue weighted by Crippen LogP contribution is 2.40. The molecule has 11 atom stereocenters. The number of aliphatic carboxylic acids is 1. The summed E-state index contributed by atoms with van der Waals surface area (Å²) in [6.45, 7) is 4.93. The zero-order chi connectivity index (χ0) is 24.9. The molecule has 11 heteroatoms. The molecule has 2 heterocycles. The Labute approximate surface area is 193 Å². The number of carboxylic acids is 1. The minimum absolute atomic E-state index is 0.352. The van der Waals surface area contributed by atoms with Crippen molar-refractivity contribution in [3.05, 3.63) is 0 Å². The first-order valence-electron chi connectivity index (χ1n) is 11.8. The lowest BCUT2D eigenvalue weighted by atomic mass is 9.77. The monoisotopic (exact) mass is 480 g/mol. The Morgan fingerprint density at radius 1 is 0.909 bits per heavy atom. The van der Waals surface area contributed by atoms with E-state index in [0.717, 1.165) is 25.7 Å². The van der Waals surface area contributed by atoms with E-state index in [0.29, 0.717) is 12.8 Å². The van der Waals surface area contributed by atoms with Gasteiger partial charge in [0.15, 0.2) is 11.9 Å². The van der Waals surface area contributed by atoms with Crippen molar-refractivity contribution in [3.63, 3.8) is 0 Å². The van der Waals surface area contributed by atoms with Crippen LogP contribution < -0.4 is 0 Å². The Kier molecular flexibility index (Phi) is 10.5. The molecule has 11 nitrogen and oxygen atoms in total. The summed E-state index contributed by atoms with van der Waals surface area (Å²) in [6.07, 6.45) is -10.2. The van der Waals surface area contributed by atoms with Crippen molar-refractivity contribution in [2.24, 2.45) is 0 Å². The normalized spacial score (nSPS) is 42.8. The van der Waals surface area contributed by atoms with Crippen molar-refractivity contribution in [1.82, 2.24) is 0 Å². The molecular formula is C22H40O11. The van der Waals surface area contributed by atoms with Crippen LogP contribution in [0, 0.1) is 0 Å². The summed E-state index contributed by atoms with van der Waals surface area (Å²) in [5.41, 5.74) is -2.57. The Morgan fingerprint density at radius 3 is 2.12 bits per heavy atom. The molecule has 2 rings (SSSR count). The van der Waals surface area contributed by atoms with E-state index in [1.54, 1.807) is 0 Å². The van der Waals surface area contributed by atoms with Gasteiger partial charge in [-0.25, -0.2) is 0 Å². The number of unbranched alkanes of at least 4 members (excludes halogenated alkanes) is 4. The number of rotatable bonds is 11. The fourth-order valence-corrected chi connectivity index (χ4v) is 4.49. The second-order valence-electron chi connectivity index (χ2n) is 9.29. The summed E-state index contributed by atoms with van der Waals surface area (Å²) >= 11 is 0. The minimum atomic E-state index is -2.57. The molecule has 0 aliphatic carbocycles. The SMILES string of the molecule is CCCCCCCC(CC(=O)O)O[C@H]1O[C@@H](C)[C@H](O)[C@@H](O)[C@]1(O)[C@@H]1O[C@@H](C)[C@H](O)[C@@H](O)[C@H]1O. The number of hydrogen-bond acceptors (Lipinski definition) is 10. The van der Waals surface area contributed by atoms with E-state index in [2.05, 4.69) is 6.92 Å². The Bertz CT molecular complexity index is 619. The number of hydrogen-bond donors (Lipinski definition) is 7. The summed E-state index contributed by atoms with van der Waals surface area (Å²) in [5, 5.41) is 72.8.